The monoisotopic (exact) mass is 283 g/mol. The summed E-state index contributed by atoms with van der Waals surface area (Å²) in [5, 5.41) is 10.6. The zero-order chi connectivity index (χ0) is 14.2. The molecule has 1 aliphatic rings. The summed E-state index contributed by atoms with van der Waals surface area (Å²) in [6, 6.07) is 4.43. The van der Waals surface area contributed by atoms with E-state index in [1.54, 1.807) is 6.07 Å². The minimum Gasteiger partial charge on any atom is -0.423 e. The van der Waals surface area contributed by atoms with Gasteiger partial charge in [-0.05, 0) is 12.1 Å². The molecule has 0 radical (unpaired) electrons. The van der Waals surface area contributed by atoms with Crippen molar-refractivity contribution in [3.8, 4) is 11.5 Å². The molecule has 0 aliphatic carbocycles. The second-order valence-corrected chi connectivity index (χ2v) is 4.13. The molecule has 2 heterocycles. The van der Waals surface area contributed by atoms with E-state index in [1.807, 2.05) is 6.92 Å². The van der Waals surface area contributed by atoms with E-state index in [-0.39, 0.29) is 11.5 Å². The molecule has 1 aromatic carbocycles. The van der Waals surface area contributed by atoms with Gasteiger partial charge in [0.05, 0.1) is 6.54 Å². The van der Waals surface area contributed by atoms with Gasteiger partial charge in [-0.15, -0.1) is 19.0 Å². The van der Waals surface area contributed by atoms with Crippen molar-refractivity contribution in [3.63, 3.8) is 0 Å². The molecule has 6 nitrogen and oxygen atoms in total. The van der Waals surface area contributed by atoms with E-state index < -0.39 is 6.29 Å². The van der Waals surface area contributed by atoms with E-state index in [4.69, 9.17) is 4.42 Å². The van der Waals surface area contributed by atoms with E-state index in [2.05, 4.69) is 25.0 Å². The van der Waals surface area contributed by atoms with Gasteiger partial charge in [0.15, 0.2) is 11.5 Å². The highest BCUT2D eigenvalue weighted by atomic mass is 19.3. The quantitative estimate of drug-likeness (QED) is 0.930. The molecule has 0 atom stereocenters. The average Bonchev–Trinajstić information content (AvgIpc) is 2.97. The third-order valence-corrected chi connectivity index (χ3v) is 2.66. The van der Waals surface area contributed by atoms with Crippen LogP contribution in [-0.2, 0) is 13.0 Å². The number of rotatable bonds is 4. The summed E-state index contributed by atoms with van der Waals surface area (Å²) in [4.78, 5) is 0. The van der Waals surface area contributed by atoms with Crippen LogP contribution in [0.2, 0.25) is 0 Å². The van der Waals surface area contributed by atoms with Crippen LogP contribution < -0.4 is 14.8 Å². The third kappa shape index (κ3) is 2.49. The first-order chi connectivity index (χ1) is 9.55. The molecule has 0 saturated carbocycles. The number of aryl methyl sites for hydroxylation is 1. The van der Waals surface area contributed by atoms with Crippen molar-refractivity contribution in [2.75, 3.05) is 5.32 Å². The van der Waals surface area contributed by atoms with Crippen molar-refractivity contribution in [2.45, 2.75) is 26.2 Å². The number of aromatic nitrogens is 2. The Kier molecular flexibility index (Phi) is 2.92. The predicted molar refractivity (Wildman–Crippen MR) is 63.6 cm³/mol. The predicted octanol–water partition coefficient (Wildman–Crippen LogP) is 2.57. The Morgan fingerprint density at radius 1 is 1.15 bits per heavy atom. The van der Waals surface area contributed by atoms with Crippen LogP contribution in [0.4, 0.5) is 14.5 Å². The average molecular weight is 283 g/mol. The van der Waals surface area contributed by atoms with Crippen LogP contribution in [0.3, 0.4) is 0 Å². The highest BCUT2D eigenvalue weighted by molar-refractivity contribution is 5.55. The summed E-state index contributed by atoms with van der Waals surface area (Å²) < 4.78 is 39.7. The van der Waals surface area contributed by atoms with Crippen LogP contribution in [0.15, 0.2) is 22.6 Å². The van der Waals surface area contributed by atoms with Gasteiger partial charge in [-0.1, -0.05) is 6.92 Å². The SMILES string of the molecule is CCc1nnc(CNc2ccc3c(c2)OC(F)(F)O3)o1. The second-order valence-electron chi connectivity index (χ2n) is 4.13. The maximum absolute atomic E-state index is 12.9. The van der Waals surface area contributed by atoms with Crippen molar-refractivity contribution in [2.24, 2.45) is 0 Å². The molecule has 1 aromatic heterocycles. The molecule has 106 valence electrons. The maximum atomic E-state index is 12.9. The molecular weight excluding hydrogens is 272 g/mol. The first-order valence-electron chi connectivity index (χ1n) is 6.01. The molecule has 0 amide bonds. The van der Waals surface area contributed by atoms with E-state index in [9.17, 15) is 8.78 Å². The second kappa shape index (κ2) is 4.62. The zero-order valence-corrected chi connectivity index (χ0v) is 10.5. The van der Waals surface area contributed by atoms with E-state index in [1.165, 1.54) is 12.1 Å². The highest BCUT2D eigenvalue weighted by Crippen LogP contribution is 2.42. The largest absolute Gasteiger partial charge is 0.586 e. The van der Waals surface area contributed by atoms with Gasteiger partial charge in [0.25, 0.3) is 0 Å². The Morgan fingerprint density at radius 3 is 2.65 bits per heavy atom. The van der Waals surface area contributed by atoms with Crippen LogP contribution in [0.25, 0.3) is 0 Å². The number of nitrogens with one attached hydrogen (secondary N) is 1. The fraction of sp³-hybridized carbons (Fsp3) is 0.333. The van der Waals surface area contributed by atoms with Crippen molar-refractivity contribution in [1.82, 2.24) is 10.2 Å². The Hall–Kier alpha value is -2.38. The highest BCUT2D eigenvalue weighted by Gasteiger charge is 2.43. The van der Waals surface area contributed by atoms with Crippen molar-refractivity contribution in [1.29, 1.82) is 0 Å². The zero-order valence-electron chi connectivity index (χ0n) is 10.5. The first kappa shape index (κ1) is 12.6. The van der Waals surface area contributed by atoms with Crippen LogP contribution >= 0.6 is 0 Å². The Morgan fingerprint density at radius 2 is 1.90 bits per heavy atom. The molecule has 3 rings (SSSR count). The van der Waals surface area contributed by atoms with Gasteiger partial charge in [0, 0.05) is 18.2 Å². The van der Waals surface area contributed by atoms with Gasteiger partial charge < -0.3 is 19.2 Å². The fourth-order valence-electron chi connectivity index (χ4n) is 1.74. The number of halogens is 2. The smallest absolute Gasteiger partial charge is 0.423 e. The van der Waals surface area contributed by atoms with Gasteiger partial charge in [0.1, 0.15) is 0 Å². The molecule has 2 aromatic rings. The van der Waals surface area contributed by atoms with Gasteiger partial charge in [-0.2, -0.15) is 0 Å². The van der Waals surface area contributed by atoms with Crippen LogP contribution in [0.5, 0.6) is 11.5 Å². The van der Waals surface area contributed by atoms with E-state index in [0.717, 1.165) is 0 Å². The summed E-state index contributed by atoms with van der Waals surface area (Å²) in [5.41, 5.74) is 0.585. The van der Waals surface area contributed by atoms with Crippen LogP contribution in [0, 0.1) is 0 Å². The summed E-state index contributed by atoms with van der Waals surface area (Å²) in [5.74, 6) is 0.961. The Bertz CT molecular complexity index is 630. The molecule has 0 bridgehead atoms. The molecule has 0 saturated heterocycles. The van der Waals surface area contributed by atoms with Crippen molar-refractivity contribution in [3.05, 3.63) is 30.0 Å². The Labute approximate surface area is 112 Å². The van der Waals surface area contributed by atoms with E-state index in [0.29, 0.717) is 30.4 Å². The van der Waals surface area contributed by atoms with E-state index >= 15 is 0 Å². The standard InChI is InChI=1S/C12H11F2N3O3/c1-2-10-16-17-11(18-10)6-15-7-3-4-8-9(5-7)20-12(13,14)19-8/h3-5,15H,2,6H2,1H3. The van der Waals surface area contributed by atoms with Crippen LogP contribution in [0.1, 0.15) is 18.7 Å². The number of ether oxygens (including phenoxy) is 2. The number of anilines is 1. The number of hydrogen-bond donors (Lipinski definition) is 1. The lowest BCUT2D eigenvalue weighted by Gasteiger charge is -2.04. The minimum absolute atomic E-state index is 0.00612. The molecule has 8 heteroatoms. The number of fused-ring (bicyclic) bond motifs is 1. The number of hydrogen-bond acceptors (Lipinski definition) is 6. The molecule has 0 spiro atoms. The van der Waals surface area contributed by atoms with Crippen molar-refractivity contribution >= 4 is 5.69 Å². The lowest BCUT2D eigenvalue weighted by atomic mass is 10.3. The first-order valence-corrected chi connectivity index (χ1v) is 6.01. The van der Waals surface area contributed by atoms with Crippen molar-refractivity contribution < 1.29 is 22.7 Å². The number of nitrogens with zero attached hydrogens (tertiary/aromatic N) is 2. The van der Waals surface area contributed by atoms with Gasteiger partial charge in [-0.25, -0.2) is 0 Å². The topological polar surface area (TPSA) is 69.4 Å². The summed E-state index contributed by atoms with van der Waals surface area (Å²) in [6.07, 6.45) is -2.95. The summed E-state index contributed by atoms with van der Waals surface area (Å²) in [6.45, 7) is 2.20. The number of alkyl halides is 2. The molecule has 0 unspecified atom stereocenters. The van der Waals surface area contributed by atoms with Gasteiger partial charge >= 0.3 is 6.29 Å². The lowest BCUT2D eigenvalue weighted by molar-refractivity contribution is -0.286. The fourth-order valence-corrected chi connectivity index (χ4v) is 1.74. The molecule has 1 N–H and O–H groups in total. The van der Waals surface area contributed by atoms with Gasteiger partial charge in [0.2, 0.25) is 11.8 Å². The molecular formula is C12H11F2N3O3. The van der Waals surface area contributed by atoms with Crippen LogP contribution in [-0.4, -0.2) is 16.5 Å². The lowest BCUT2D eigenvalue weighted by Crippen LogP contribution is -2.25. The normalized spacial score (nSPS) is 15.3. The minimum atomic E-state index is -3.61. The summed E-state index contributed by atoms with van der Waals surface area (Å²) >= 11 is 0. The maximum Gasteiger partial charge on any atom is 0.586 e. The Balaban J connectivity index is 1.67. The molecule has 1 aliphatic heterocycles. The third-order valence-electron chi connectivity index (χ3n) is 2.66. The molecule has 0 fully saturated rings. The summed E-state index contributed by atoms with van der Waals surface area (Å²) in [7, 11) is 0. The molecule has 20 heavy (non-hydrogen) atoms. The number of benzene rings is 1. The van der Waals surface area contributed by atoms with Gasteiger partial charge in [-0.3, -0.25) is 0 Å².